The fourth-order valence-corrected chi connectivity index (χ4v) is 2.15. The van der Waals surface area contributed by atoms with Crippen LogP contribution in [0, 0.1) is 17.5 Å². The van der Waals surface area contributed by atoms with E-state index in [1.165, 1.54) is 17.4 Å². The topological polar surface area (TPSA) is 55.4 Å². The Kier molecular flexibility index (Phi) is 5.53. The van der Waals surface area contributed by atoms with Gasteiger partial charge in [0.05, 0.1) is 5.69 Å². The van der Waals surface area contributed by atoms with Gasteiger partial charge in [0.15, 0.2) is 24.1 Å². The van der Waals surface area contributed by atoms with Gasteiger partial charge < -0.3 is 10.1 Å². The van der Waals surface area contributed by atoms with Crippen molar-refractivity contribution in [3.8, 4) is 0 Å². The maximum Gasteiger partial charge on any atom is 0.331 e. The van der Waals surface area contributed by atoms with Crippen molar-refractivity contribution >= 4 is 35.0 Å². The van der Waals surface area contributed by atoms with Crippen LogP contribution in [0.5, 0.6) is 0 Å². The first-order chi connectivity index (χ1) is 11.0. The largest absolute Gasteiger partial charge is 0.452 e. The van der Waals surface area contributed by atoms with E-state index in [2.05, 4.69) is 4.74 Å². The first kappa shape index (κ1) is 16.8. The number of hydrogen-bond acceptors (Lipinski definition) is 4. The molecule has 0 atom stereocenters. The van der Waals surface area contributed by atoms with Gasteiger partial charge in [0.1, 0.15) is 0 Å². The molecule has 0 saturated heterocycles. The number of carbonyl (C=O) groups is 2. The fourth-order valence-electron chi connectivity index (χ4n) is 1.53. The summed E-state index contributed by atoms with van der Waals surface area (Å²) in [4.78, 5) is 23.7. The summed E-state index contributed by atoms with van der Waals surface area (Å²) in [5, 5.41) is 3.81. The summed E-state index contributed by atoms with van der Waals surface area (Å²) < 4.78 is 43.7. The van der Waals surface area contributed by atoms with Crippen LogP contribution in [-0.4, -0.2) is 18.5 Å². The van der Waals surface area contributed by atoms with Crippen LogP contribution in [0.2, 0.25) is 0 Å². The molecule has 8 heteroatoms. The van der Waals surface area contributed by atoms with Crippen molar-refractivity contribution in [3.63, 3.8) is 0 Å². The minimum absolute atomic E-state index is 0.543. The number of ether oxygens (including phenoxy) is 1. The van der Waals surface area contributed by atoms with Gasteiger partial charge in [-0.25, -0.2) is 18.0 Å². The molecule has 1 aromatic heterocycles. The number of benzene rings is 1. The molecule has 2 rings (SSSR count). The quantitative estimate of drug-likeness (QED) is 0.515. The van der Waals surface area contributed by atoms with Crippen molar-refractivity contribution in [3.05, 3.63) is 58.1 Å². The summed E-state index contributed by atoms with van der Waals surface area (Å²) in [6.45, 7) is -0.688. The van der Waals surface area contributed by atoms with Crippen molar-refractivity contribution in [1.82, 2.24) is 0 Å². The predicted molar refractivity (Wildman–Crippen MR) is 79.3 cm³/mol. The van der Waals surface area contributed by atoms with Crippen LogP contribution in [-0.2, 0) is 14.3 Å². The van der Waals surface area contributed by atoms with E-state index in [9.17, 15) is 22.8 Å². The molecule has 1 aromatic carbocycles. The summed E-state index contributed by atoms with van der Waals surface area (Å²) in [7, 11) is 0. The van der Waals surface area contributed by atoms with Crippen LogP contribution in [0.15, 0.2) is 35.7 Å². The second kappa shape index (κ2) is 7.59. The van der Waals surface area contributed by atoms with Crippen LogP contribution >= 0.6 is 11.3 Å². The van der Waals surface area contributed by atoms with Crippen LogP contribution in [0.3, 0.4) is 0 Å². The molecule has 23 heavy (non-hydrogen) atoms. The van der Waals surface area contributed by atoms with Gasteiger partial charge in [-0.15, -0.1) is 11.3 Å². The second-order valence-corrected chi connectivity index (χ2v) is 5.21. The van der Waals surface area contributed by atoms with Gasteiger partial charge in [0.25, 0.3) is 5.91 Å². The average Bonchev–Trinajstić information content (AvgIpc) is 3.05. The number of esters is 1. The molecule has 0 aliphatic rings. The van der Waals surface area contributed by atoms with Gasteiger partial charge in [0.2, 0.25) is 0 Å². The minimum Gasteiger partial charge on any atom is -0.452 e. The zero-order chi connectivity index (χ0) is 16.8. The maximum absolute atomic E-state index is 13.4. The number of rotatable bonds is 5. The molecule has 0 unspecified atom stereocenters. The zero-order valence-corrected chi connectivity index (χ0v) is 12.3. The summed E-state index contributed by atoms with van der Waals surface area (Å²) in [6, 6.07) is 5.13. The third-order valence-corrected chi connectivity index (χ3v) is 3.42. The normalized spacial score (nSPS) is 10.7. The van der Waals surface area contributed by atoms with Crippen molar-refractivity contribution in [2.24, 2.45) is 0 Å². The highest BCUT2D eigenvalue weighted by atomic mass is 32.1. The molecule has 1 amide bonds. The Labute approximate surface area is 133 Å². The number of halogens is 3. The van der Waals surface area contributed by atoms with Crippen molar-refractivity contribution < 1.29 is 27.5 Å². The molecule has 0 bridgehead atoms. The molecule has 0 spiro atoms. The molecule has 1 heterocycles. The number of carbonyl (C=O) groups excluding carboxylic acids is 2. The Hall–Kier alpha value is -2.61. The van der Waals surface area contributed by atoms with Gasteiger partial charge in [-0.1, -0.05) is 6.07 Å². The first-order valence-corrected chi connectivity index (χ1v) is 7.17. The lowest BCUT2D eigenvalue weighted by Crippen LogP contribution is -2.21. The molecule has 0 aliphatic carbocycles. The Morgan fingerprint density at radius 3 is 2.65 bits per heavy atom. The number of anilines is 1. The molecule has 0 fully saturated rings. The standard InChI is InChI=1S/C15H10F3NO3S/c16-10-4-5-11(15(18)14(10)17)19-12(20)8-22-13(21)6-3-9-2-1-7-23-9/h1-7H,8H2,(H,19,20). The first-order valence-electron chi connectivity index (χ1n) is 6.29. The molecular weight excluding hydrogens is 331 g/mol. The third kappa shape index (κ3) is 4.68. The van der Waals surface area contributed by atoms with Crippen molar-refractivity contribution in [1.29, 1.82) is 0 Å². The highest BCUT2D eigenvalue weighted by Crippen LogP contribution is 2.19. The van der Waals surface area contributed by atoms with E-state index in [-0.39, 0.29) is 0 Å². The number of amides is 1. The van der Waals surface area contributed by atoms with E-state index < -0.39 is 41.6 Å². The molecule has 0 aliphatic heterocycles. The second-order valence-electron chi connectivity index (χ2n) is 4.23. The lowest BCUT2D eigenvalue weighted by atomic mass is 10.3. The van der Waals surface area contributed by atoms with Gasteiger partial charge in [-0.05, 0) is 29.7 Å². The highest BCUT2D eigenvalue weighted by Gasteiger charge is 2.15. The summed E-state index contributed by atoms with van der Waals surface area (Å²) in [5.41, 5.74) is -0.543. The Morgan fingerprint density at radius 1 is 1.17 bits per heavy atom. The van der Waals surface area contributed by atoms with Crippen LogP contribution in [0.25, 0.3) is 6.08 Å². The lowest BCUT2D eigenvalue weighted by molar-refractivity contribution is -0.142. The smallest absolute Gasteiger partial charge is 0.331 e. The van der Waals surface area contributed by atoms with E-state index in [1.54, 1.807) is 12.1 Å². The monoisotopic (exact) mass is 341 g/mol. The highest BCUT2D eigenvalue weighted by molar-refractivity contribution is 7.10. The summed E-state index contributed by atoms with van der Waals surface area (Å²) in [6.07, 6.45) is 2.65. The Bertz CT molecular complexity index is 745. The summed E-state index contributed by atoms with van der Waals surface area (Å²) in [5.74, 6) is -6.24. The van der Waals surface area contributed by atoms with E-state index in [1.807, 2.05) is 10.7 Å². The maximum atomic E-state index is 13.4. The fraction of sp³-hybridized carbons (Fsp3) is 0.0667. The van der Waals surface area contributed by atoms with Crippen molar-refractivity contribution in [2.45, 2.75) is 0 Å². The SMILES string of the molecule is O=C(COC(=O)C=Cc1cccs1)Nc1ccc(F)c(F)c1F. The van der Waals surface area contributed by atoms with Gasteiger partial charge in [0, 0.05) is 11.0 Å². The minimum atomic E-state index is -1.70. The predicted octanol–water partition coefficient (Wildman–Crippen LogP) is 3.36. The molecule has 1 N–H and O–H groups in total. The van der Waals surface area contributed by atoms with Crippen LogP contribution < -0.4 is 5.32 Å². The Balaban J connectivity index is 1.86. The Morgan fingerprint density at radius 2 is 1.96 bits per heavy atom. The van der Waals surface area contributed by atoms with E-state index in [4.69, 9.17) is 0 Å². The molecule has 2 aromatic rings. The van der Waals surface area contributed by atoms with Crippen LogP contribution in [0.1, 0.15) is 4.88 Å². The van der Waals surface area contributed by atoms with Gasteiger partial charge in [-0.2, -0.15) is 0 Å². The van der Waals surface area contributed by atoms with E-state index in [0.717, 1.165) is 17.0 Å². The van der Waals surface area contributed by atoms with Gasteiger partial charge in [-0.3, -0.25) is 4.79 Å². The van der Waals surface area contributed by atoms with Gasteiger partial charge >= 0.3 is 5.97 Å². The molecular formula is C15H10F3NO3S. The molecule has 0 radical (unpaired) electrons. The third-order valence-electron chi connectivity index (χ3n) is 2.58. The van der Waals surface area contributed by atoms with Crippen molar-refractivity contribution in [2.75, 3.05) is 11.9 Å². The number of thiophene rings is 1. The number of nitrogens with one attached hydrogen (secondary N) is 1. The molecule has 120 valence electrons. The number of hydrogen-bond donors (Lipinski definition) is 1. The molecule has 4 nitrogen and oxygen atoms in total. The van der Waals surface area contributed by atoms with Crippen LogP contribution in [0.4, 0.5) is 18.9 Å². The zero-order valence-electron chi connectivity index (χ0n) is 11.5. The summed E-state index contributed by atoms with van der Waals surface area (Å²) >= 11 is 1.41. The molecule has 0 saturated carbocycles. The van der Waals surface area contributed by atoms with E-state index >= 15 is 0 Å². The average molecular weight is 341 g/mol. The lowest BCUT2D eigenvalue weighted by Gasteiger charge is -2.07. The van der Waals surface area contributed by atoms with E-state index in [0.29, 0.717) is 6.07 Å².